The minimum Gasteiger partial charge on any atom is -0.351 e. The topological polar surface area (TPSA) is 95.6 Å². The van der Waals surface area contributed by atoms with Gasteiger partial charge in [-0.2, -0.15) is 0 Å². The fourth-order valence-corrected chi connectivity index (χ4v) is 5.30. The first-order valence-electron chi connectivity index (χ1n) is 12.2. The van der Waals surface area contributed by atoms with Gasteiger partial charge in [0.2, 0.25) is 18.2 Å². The van der Waals surface area contributed by atoms with Crippen LogP contribution < -0.4 is 10.6 Å². The lowest BCUT2D eigenvalue weighted by Crippen LogP contribution is -2.46. The van der Waals surface area contributed by atoms with Crippen molar-refractivity contribution in [1.82, 2.24) is 15.5 Å². The molecule has 2 heterocycles. The van der Waals surface area contributed by atoms with Crippen LogP contribution in [0.1, 0.15) is 85.3 Å². The monoisotopic (exact) mass is 497 g/mol. The number of nitrogens with one attached hydrogen (secondary N) is 2. The van der Waals surface area contributed by atoms with Crippen molar-refractivity contribution in [2.24, 2.45) is 0 Å². The first-order valence-corrected chi connectivity index (χ1v) is 13.0. The van der Waals surface area contributed by atoms with Crippen LogP contribution in [0, 0.1) is 0 Å². The highest BCUT2D eigenvalue weighted by molar-refractivity contribution is 7.10. The van der Waals surface area contributed by atoms with Crippen molar-refractivity contribution in [3.63, 3.8) is 0 Å². The lowest BCUT2D eigenvalue weighted by molar-refractivity contribution is -0.129. The minimum atomic E-state index is -0.685. The van der Waals surface area contributed by atoms with Crippen molar-refractivity contribution in [3.8, 4) is 0 Å². The molecule has 1 aromatic carbocycles. The first-order chi connectivity index (χ1) is 16.7. The summed E-state index contributed by atoms with van der Waals surface area (Å²) in [6.45, 7) is 9.17. The fraction of sp³-hybridized carbons (Fsp3) is 0.481. The summed E-state index contributed by atoms with van der Waals surface area (Å²) in [5.74, 6) is -0.688. The largest absolute Gasteiger partial charge is 0.351 e. The Balaban J connectivity index is 1.51. The van der Waals surface area contributed by atoms with E-state index in [1.165, 1.54) is 27.4 Å². The van der Waals surface area contributed by atoms with Gasteiger partial charge >= 0.3 is 0 Å². The van der Waals surface area contributed by atoms with E-state index in [2.05, 4.69) is 55.7 Å². The molecule has 7 nitrogen and oxygen atoms in total. The molecule has 1 atom stereocenters. The number of amides is 4. The number of nitrogens with zero attached hydrogens (tertiary/aromatic N) is 1. The Kier molecular flexibility index (Phi) is 8.83. The molecule has 4 amide bonds. The van der Waals surface area contributed by atoms with Gasteiger partial charge in [-0.3, -0.25) is 24.5 Å². The summed E-state index contributed by atoms with van der Waals surface area (Å²) in [5.41, 5.74) is 4.09. The number of rotatable bonds is 11. The van der Waals surface area contributed by atoms with E-state index in [9.17, 15) is 19.2 Å². The molecule has 1 aliphatic heterocycles. The second-order valence-electron chi connectivity index (χ2n) is 9.99. The van der Waals surface area contributed by atoms with Gasteiger partial charge in [0.1, 0.15) is 6.04 Å². The summed E-state index contributed by atoms with van der Waals surface area (Å²) < 4.78 is 0. The van der Waals surface area contributed by atoms with E-state index in [-0.39, 0.29) is 17.2 Å². The molecule has 2 N–H and O–H groups in total. The second kappa shape index (κ2) is 11.6. The molecule has 1 aliphatic rings. The molecule has 3 rings (SSSR count). The Morgan fingerprint density at radius 1 is 1.20 bits per heavy atom. The molecule has 0 aliphatic carbocycles. The van der Waals surface area contributed by atoms with Gasteiger partial charge in [-0.1, -0.05) is 58.4 Å². The van der Waals surface area contributed by atoms with E-state index in [1.807, 2.05) is 6.92 Å². The van der Waals surface area contributed by atoms with Crippen LogP contribution in [0.3, 0.4) is 0 Å². The summed E-state index contributed by atoms with van der Waals surface area (Å²) in [5, 5.41) is 6.94. The number of fused-ring (bicyclic) bond motifs is 1. The smallest absolute Gasteiger partial charge is 0.256 e. The van der Waals surface area contributed by atoms with E-state index in [4.69, 9.17) is 0 Å². The van der Waals surface area contributed by atoms with Gasteiger partial charge in [0.05, 0.1) is 12.1 Å². The fourth-order valence-electron chi connectivity index (χ4n) is 4.32. The van der Waals surface area contributed by atoms with E-state index < -0.39 is 11.9 Å². The van der Waals surface area contributed by atoms with Crippen LogP contribution in [0.5, 0.6) is 0 Å². The van der Waals surface area contributed by atoms with Crippen LogP contribution in [0.4, 0.5) is 0 Å². The Hall–Kier alpha value is -3.00. The Bertz CT molecular complexity index is 1070. The standard InChI is InChI=1S/C27H35N3O4S/c1-5-7-22(25(33)29-17-31)30-15-20-21(26(30)34)16-35-23(20)14-28-24(32)9-6-8-18-10-12-19(13-11-18)27(2,3)4/h10-13,16-17,22H,5-9,14-15H2,1-4H3,(H,28,32)(H,29,31,33). The molecule has 0 fully saturated rings. The molecule has 0 radical (unpaired) electrons. The number of aryl methyl sites for hydroxylation is 1. The molecule has 35 heavy (non-hydrogen) atoms. The second-order valence-corrected chi connectivity index (χ2v) is 11.0. The number of benzene rings is 1. The number of carbonyl (C=O) groups is 4. The van der Waals surface area contributed by atoms with Gasteiger partial charge in [0, 0.05) is 23.2 Å². The molecule has 0 saturated heterocycles. The third-order valence-electron chi connectivity index (χ3n) is 6.38. The number of hydrogen-bond acceptors (Lipinski definition) is 5. The van der Waals surface area contributed by atoms with Crippen molar-refractivity contribution in [2.45, 2.75) is 84.3 Å². The summed E-state index contributed by atoms with van der Waals surface area (Å²) in [6.07, 6.45) is 3.57. The lowest BCUT2D eigenvalue weighted by atomic mass is 9.86. The minimum absolute atomic E-state index is 0.0196. The maximum absolute atomic E-state index is 12.9. The molecule has 0 spiro atoms. The number of imide groups is 1. The third-order valence-corrected chi connectivity index (χ3v) is 7.41. The number of carbonyl (C=O) groups excluding carboxylic acids is 4. The van der Waals surface area contributed by atoms with Crippen LogP contribution in [0.25, 0.3) is 0 Å². The Morgan fingerprint density at radius 3 is 2.54 bits per heavy atom. The SMILES string of the molecule is CCCC(C(=O)NC=O)N1Cc2c(csc2CNC(=O)CCCc2ccc(C(C)(C)C)cc2)C1=O. The van der Waals surface area contributed by atoms with Crippen LogP contribution >= 0.6 is 11.3 Å². The maximum atomic E-state index is 12.9. The van der Waals surface area contributed by atoms with Gasteiger partial charge < -0.3 is 10.2 Å². The molecule has 2 aromatic rings. The van der Waals surface area contributed by atoms with Gasteiger partial charge in [-0.05, 0) is 41.4 Å². The van der Waals surface area contributed by atoms with Crippen LogP contribution in [-0.2, 0) is 39.3 Å². The summed E-state index contributed by atoms with van der Waals surface area (Å²) in [7, 11) is 0. The predicted molar refractivity (Wildman–Crippen MR) is 137 cm³/mol. The quantitative estimate of drug-likeness (QED) is 0.457. The van der Waals surface area contributed by atoms with Gasteiger partial charge in [-0.15, -0.1) is 11.3 Å². The van der Waals surface area contributed by atoms with Gasteiger partial charge in [-0.25, -0.2) is 0 Å². The summed E-state index contributed by atoms with van der Waals surface area (Å²) >= 11 is 1.45. The van der Waals surface area contributed by atoms with Gasteiger partial charge in [0.25, 0.3) is 5.91 Å². The zero-order valence-corrected chi connectivity index (χ0v) is 21.8. The molecule has 0 bridgehead atoms. The van der Waals surface area contributed by atoms with Crippen molar-refractivity contribution >= 4 is 35.5 Å². The summed E-state index contributed by atoms with van der Waals surface area (Å²) in [6, 6.07) is 7.90. The molecular formula is C27H35N3O4S. The first kappa shape index (κ1) is 26.6. The Labute approximate surface area is 211 Å². The van der Waals surface area contributed by atoms with Crippen molar-refractivity contribution in [1.29, 1.82) is 0 Å². The normalized spacial score (nSPS) is 13.9. The highest BCUT2D eigenvalue weighted by Crippen LogP contribution is 2.33. The van der Waals surface area contributed by atoms with Crippen molar-refractivity contribution in [2.75, 3.05) is 0 Å². The number of thiophene rings is 1. The number of hydrogen-bond donors (Lipinski definition) is 2. The highest BCUT2D eigenvalue weighted by atomic mass is 32.1. The summed E-state index contributed by atoms with van der Waals surface area (Å²) in [4.78, 5) is 50.8. The van der Waals surface area contributed by atoms with Gasteiger partial charge in [0.15, 0.2) is 0 Å². The molecule has 1 aromatic heterocycles. The van der Waals surface area contributed by atoms with Crippen molar-refractivity contribution in [3.05, 3.63) is 56.8 Å². The molecule has 1 unspecified atom stereocenters. The molecular weight excluding hydrogens is 462 g/mol. The highest BCUT2D eigenvalue weighted by Gasteiger charge is 2.37. The third kappa shape index (κ3) is 6.57. The molecule has 188 valence electrons. The van der Waals surface area contributed by atoms with E-state index >= 15 is 0 Å². The average Bonchev–Trinajstić information content (AvgIpc) is 3.36. The zero-order valence-electron chi connectivity index (χ0n) is 21.0. The predicted octanol–water partition coefficient (Wildman–Crippen LogP) is 4.08. The van der Waals surface area contributed by atoms with Crippen LogP contribution in [0.2, 0.25) is 0 Å². The average molecular weight is 498 g/mol. The Morgan fingerprint density at radius 2 is 1.91 bits per heavy atom. The van der Waals surface area contributed by atoms with Crippen molar-refractivity contribution < 1.29 is 19.2 Å². The molecule has 0 saturated carbocycles. The van der Waals surface area contributed by atoms with E-state index in [0.717, 1.165) is 23.3 Å². The molecule has 8 heteroatoms. The van der Waals surface area contributed by atoms with Crippen LogP contribution in [-0.4, -0.2) is 35.1 Å². The van der Waals surface area contributed by atoms with Crippen LogP contribution in [0.15, 0.2) is 29.6 Å². The lowest BCUT2D eigenvalue weighted by Gasteiger charge is -2.26. The van der Waals surface area contributed by atoms with E-state index in [0.29, 0.717) is 44.3 Å². The van der Waals surface area contributed by atoms with E-state index in [1.54, 1.807) is 5.38 Å². The maximum Gasteiger partial charge on any atom is 0.256 e. The zero-order chi connectivity index (χ0) is 25.6.